The van der Waals surface area contributed by atoms with Gasteiger partial charge in [0, 0.05) is 12.0 Å². The highest BCUT2D eigenvalue weighted by Crippen LogP contribution is 2.22. The Morgan fingerprint density at radius 1 is 1.24 bits per heavy atom. The van der Waals surface area contributed by atoms with E-state index in [4.69, 9.17) is 4.74 Å². The van der Waals surface area contributed by atoms with Crippen molar-refractivity contribution in [3.63, 3.8) is 0 Å². The maximum Gasteiger partial charge on any atom is 0.223 e. The summed E-state index contributed by atoms with van der Waals surface area (Å²) in [4.78, 5) is 15.8. The monoisotopic (exact) mass is 367 g/mol. The molecule has 1 aromatic rings. The highest BCUT2D eigenvalue weighted by molar-refractivity contribution is 7.91. The lowest BCUT2D eigenvalue weighted by Crippen LogP contribution is -3.13. The van der Waals surface area contributed by atoms with Crippen LogP contribution in [0.4, 0.5) is 0 Å². The predicted molar refractivity (Wildman–Crippen MR) is 95.4 cm³/mol. The zero-order valence-electron chi connectivity index (χ0n) is 14.7. The summed E-state index contributed by atoms with van der Waals surface area (Å²) in [5.41, 5.74) is 1.27. The Bertz CT molecular complexity index is 694. The van der Waals surface area contributed by atoms with Crippen LogP contribution in [0.2, 0.25) is 0 Å². The van der Waals surface area contributed by atoms with E-state index in [1.54, 1.807) is 7.11 Å². The van der Waals surface area contributed by atoms with E-state index in [0.29, 0.717) is 12.8 Å². The summed E-state index contributed by atoms with van der Waals surface area (Å²) < 4.78 is 28.2. The van der Waals surface area contributed by atoms with Gasteiger partial charge < -0.3 is 14.5 Å². The maximum atomic E-state index is 12.4. The van der Waals surface area contributed by atoms with Crippen LogP contribution in [0.3, 0.4) is 0 Å². The number of piperazine rings is 1. The van der Waals surface area contributed by atoms with E-state index in [-0.39, 0.29) is 23.3 Å². The largest absolute Gasteiger partial charge is 0.497 e. The van der Waals surface area contributed by atoms with E-state index >= 15 is 0 Å². The number of nitrogens with zero attached hydrogens (tertiary/aromatic N) is 1. The summed E-state index contributed by atoms with van der Waals surface area (Å²) in [5.74, 6) is 1.42. The minimum Gasteiger partial charge on any atom is -0.497 e. The maximum absolute atomic E-state index is 12.4. The second kappa shape index (κ2) is 7.74. The standard InChI is InChI=1S/C18H26N2O4S/c1-24-17-4-2-15(3-5-17)13-19-7-9-20(10-8-19)18(21)12-16-6-11-25(22,23)14-16/h2-5,16H,6-14H2,1H3/p+1/t16-/m1/s1. The van der Waals surface area contributed by atoms with Gasteiger partial charge in [0.05, 0.1) is 44.8 Å². The van der Waals surface area contributed by atoms with Crippen LogP contribution >= 0.6 is 0 Å². The van der Waals surface area contributed by atoms with Gasteiger partial charge in [-0.2, -0.15) is 0 Å². The summed E-state index contributed by atoms with van der Waals surface area (Å²) in [6, 6.07) is 8.13. The van der Waals surface area contributed by atoms with Gasteiger partial charge in [0.25, 0.3) is 0 Å². The average Bonchev–Trinajstić information content (AvgIpc) is 2.94. The number of benzene rings is 1. The molecule has 2 aliphatic heterocycles. The van der Waals surface area contributed by atoms with Crippen molar-refractivity contribution < 1.29 is 22.8 Å². The number of methoxy groups -OCH3 is 1. The summed E-state index contributed by atoms with van der Waals surface area (Å²) in [5, 5.41) is 0. The summed E-state index contributed by atoms with van der Waals surface area (Å²) in [7, 11) is -1.24. The average molecular weight is 367 g/mol. The molecule has 25 heavy (non-hydrogen) atoms. The van der Waals surface area contributed by atoms with Crippen molar-refractivity contribution in [2.24, 2.45) is 5.92 Å². The molecular formula is C18H27N2O4S+. The smallest absolute Gasteiger partial charge is 0.223 e. The first kappa shape index (κ1) is 18.2. The van der Waals surface area contributed by atoms with E-state index < -0.39 is 9.84 Å². The number of amides is 1. The molecule has 0 unspecified atom stereocenters. The lowest BCUT2D eigenvalue weighted by molar-refractivity contribution is -0.917. The van der Waals surface area contributed by atoms with Crippen LogP contribution in [-0.4, -0.2) is 64.0 Å². The number of rotatable bonds is 5. The van der Waals surface area contributed by atoms with E-state index in [0.717, 1.165) is 38.5 Å². The molecule has 0 spiro atoms. The minimum absolute atomic E-state index is 0.0159. The second-order valence-corrected chi connectivity index (χ2v) is 9.36. The Morgan fingerprint density at radius 3 is 2.48 bits per heavy atom. The third kappa shape index (κ3) is 4.95. The SMILES string of the molecule is COc1ccc(C[NH+]2CCN(C(=O)C[C@H]3CCS(=O)(=O)C3)CC2)cc1. The van der Waals surface area contributed by atoms with Gasteiger partial charge in [-0.05, 0) is 36.6 Å². The van der Waals surface area contributed by atoms with Gasteiger partial charge >= 0.3 is 0 Å². The summed E-state index contributed by atoms with van der Waals surface area (Å²) in [6.07, 6.45) is 1.02. The Morgan fingerprint density at radius 2 is 1.92 bits per heavy atom. The topological polar surface area (TPSA) is 68.1 Å². The molecule has 138 valence electrons. The molecule has 1 N–H and O–H groups in total. The van der Waals surface area contributed by atoms with Crippen molar-refractivity contribution >= 4 is 15.7 Å². The first-order valence-electron chi connectivity index (χ1n) is 8.90. The number of nitrogens with one attached hydrogen (secondary N) is 1. The molecule has 2 fully saturated rings. The van der Waals surface area contributed by atoms with Crippen LogP contribution < -0.4 is 9.64 Å². The van der Waals surface area contributed by atoms with Gasteiger partial charge in [0.2, 0.25) is 5.91 Å². The van der Waals surface area contributed by atoms with E-state index in [9.17, 15) is 13.2 Å². The predicted octanol–water partition coefficient (Wildman–Crippen LogP) is -0.253. The molecule has 0 bridgehead atoms. The summed E-state index contributed by atoms with van der Waals surface area (Å²) in [6.45, 7) is 4.32. The van der Waals surface area contributed by atoms with Crippen molar-refractivity contribution in [3.05, 3.63) is 29.8 Å². The molecule has 0 saturated carbocycles. The Balaban J connectivity index is 1.44. The van der Waals surface area contributed by atoms with E-state index in [2.05, 4.69) is 12.1 Å². The fourth-order valence-corrected chi connectivity index (χ4v) is 5.55. The van der Waals surface area contributed by atoms with Gasteiger partial charge in [0.15, 0.2) is 9.84 Å². The van der Waals surface area contributed by atoms with Gasteiger partial charge in [-0.15, -0.1) is 0 Å². The van der Waals surface area contributed by atoms with Gasteiger partial charge in [-0.1, -0.05) is 0 Å². The van der Waals surface area contributed by atoms with Gasteiger partial charge in [-0.3, -0.25) is 4.79 Å². The molecule has 0 aliphatic carbocycles. The molecular weight excluding hydrogens is 340 g/mol. The Kier molecular flexibility index (Phi) is 5.64. The van der Waals surface area contributed by atoms with Crippen LogP contribution in [0.25, 0.3) is 0 Å². The minimum atomic E-state index is -2.90. The number of ether oxygens (including phenoxy) is 1. The van der Waals surface area contributed by atoms with Crippen LogP contribution in [0.5, 0.6) is 5.75 Å². The number of hydrogen-bond acceptors (Lipinski definition) is 4. The van der Waals surface area contributed by atoms with E-state index in [1.807, 2.05) is 17.0 Å². The highest BCUT2D eigenvalue weighted by atomic mass is 32.2. The number of quaternary nitrogens is 1. The quantitative estimate of drug-likeness (QED) is 0.779. The normalized spacial score (nSPS) is 23.6. The fraction of sp³-hybridized carbons (Fsp3) is 0.611. The molecule has 7 heteroatoms. The van der Waals surface area contributed by atoms with Crippen molar-refractivity contribution in [1.82, 2.24) is 4.90 Å². The van der Waals surface area contributed by atoms with E-state index in [1.165, 1.54) is 10.5 Å². The van der Waals surface area contributed by atoms with Crippen LogP contribution in [0.15, 0.2) is 24.3 Å². The Labute approximate surface area is 149 Å². The number of hydrogen-bond donors (Lipinski definition) is 1. The molecule has 2 saturated heterocycles. The van der Waals surface area contributed by atoms with Crippen LogP contribution in [0, 0.1) is 5.92 Å². The zero-order valence-corrected chi connectivity index (χ0v) is 15.6. The van der Waals surface area contributed by atoms with Gasteiger partial charge in [0.1, 0.15) is 12.3 Å². The molecule has 0 aromatic heterocycles. The lowest BCUT2D eigenvalue weighted by Gasteiger charge is -2.32. The number of carbonyl (C=O) groups is 1. The van der Waals surface area contributed by atoms with Gasteiger partial charge in [-0.25, -0.2) is 8.42 Å². The van der Waals surface area contributed by atoms with Crippen LogP contribution in [-0.2, 0) is 21.2 Å². The molecule has 1 aromatic carbocycles. The molecule has 0 radical (unpaired) electrons. The molecule has 2 heterocycles. The molecule has 6 nitrogen and oxygen atoms in total. The zero-order chi connectivity index (χ0) is 17.9. The van der Waals surface area contributed by atoms with Crippen molar-refractivity contribution in [3.8, 4) is 5.75 Å². The Hall–Kier alpha value is -1.60. The molecule has 1 amide bonds. The molecule has 1 atom stereocenters. The number of sulfone groups is 1. The lowest BCUT2D eigenvalue weighted by atomic mass is 10.0. The number of carbonyl (C=O) groups excluding carboxylic acids is 1. The fourth-order valence-electron chi connectivity index (χ4n) is 3.69. The van der Waals surface area contributed by atoms with Crippen LogP contribution in [0.1, 0.15) is 18.4 Å². The third-order valence-electron chi connectivity index (χ3n) is 5.23. The first-order chi connectivity index (χ1) is 11.9. The van der Waals surface area contributed by atoms with Crippen molar-refractivity contribution in [1.29, 1.82) is 0 Å². The third-order valence-corrected chi connectivity index (χ3v) is 7.06. The highest BCUT2D eigenvalue weighted by Gasteiger charge is 2.32. The molecule has 3 rings (SSSR count). The second-order valence-electron chi connectivity index (χ2n) is 7.13. The van der Waals surface area contributed by atoms with Crippen molar-refractivity contribution in [2.45, 2.75) is 19.4 Å². The first-order valence-corrected chi connectivity index (χ1v) is 10.7. The summed E-state index contributed by atoms with van der Waals surface area (Å²) >= 11 is 0. The molecule has 2 aliphatic rings. The van der Waals surface area contributed by atoms with Crippen molar-refractivity contribution in [2.75, 3.05) is 44.8 Å².